The molecule has 0 heterocycles. The highest BCUT2D eigenvalue weighted by molar-refractivity contribution is 9.10. The van der Waals surface area contributed by atoms with E-state index in [9.17, 15) is 5.11 Å². The maximum absolute atomic E-state index is 10.3. The maximum Gasteiger partial charge on any atom is 0.119 e. The smallest absolute Gasteiger partial charge is 0.119 e. The molecule has 0 saturated carbocycles. The molecule has 2 nitrogen and oxygen atoms in total. The van der Waals surface area contributed by atoms with Gasteiger partial charge in [0.2, 0.25) is 0 Å². The normalized spacial score (nSPS) is 12.2. The van der Waals surface area contributed by atoms with Gasteiger partial charge in [-0.3, -0.25) is 0 Å². The highest BCUT2D eigenvalue weighted by Crippen LogP contribution is 2.24. The minimum absolute atomic E-state index is 0.353. The summed E-state index contributed by atoms with van der Waals surface area (Å²) in [6, 6.07) is 14.3. The molecule has 0 spiro atoms. The fourth-order valence-electron chi connectivity index (χ4n) is 2.39. The van der Waals surface area contributed by atoms with E-state index in [4.69, 9.17) is 4.74 Å². The van der Waals surface area contributed by atoms with Gasteiger partial charge >= 0.3 is 0 Å². The molecular weight excluding hydrogens is 328 g/mol. The van der Waals surface area contributed by atoms with Crippen molar-refractivity contribution >= 4 is 15.9 Å². The standard InChI is InChI=1S/C18H21BrO2/c1-13-4-3-5-14(10-13)6-7-16(20)11-15-12-17(21-2)8-9-18(15)19/h3-5,8-10,12,16,20H,6-7,11H2,1-2H3. The van der Waals surface area contributed by atoms with Crippen LogP contribution in [0.1, 0.15) is 23.1 Å². The second-order valence-corrected chi connectivity index (χ2v) is 6.20. The SMILES string of the molecule is COc1ccc(Br)c(CC(O)CCc2cccc(C)c2)c1. The molecule has 0 aliphatic heterocycles. The first-order valence-electron chi connectivity index (χ1n) is 7.14. The molecular formula is C18H21BrO2. The van der Waals surface area contributed by atoms with E-state index in [1.807, 2.05) is 18.2 Å². The molecule has 1 atom stereocenters. The zero-order valence-electron chi connectivity index (χ0n) is 12.5. The lowest BCUT2D eigenvalue weighted by Crippen LogP contribution is -2.12. The van der Waals surface area contributed by atoms with Crippen LogP contribution < -0.4 is 4.74 Å². The molecule has 2 rings (SSSR count). The number of rotatable bonds is 6. The largest absolute Gasteiger partial charge is 0.497 e. The number of aliphatic hydroxyl groups is 1. The van der Waals surface area contributed by atoms with Gasteiger partial charge in [-0.05, 0) is 55.5 Å². The minimum atomic E-state index is -0.353. The van der Waals surface area contributed by atoms with Gasteiger partial charge in [-0.1, -0.05) is 45.8 Å². The van der Waals surface area contributed by atoms with Crippen LogP contribution in [0.3, 0.4) is 0 Å². The lowest BCUT2D eigenvalue weighted by molar-refractivity contribution is 0.165. The number of aliphatic hydroxyl groups excluding tert-OH is 1. The molecule has 0 amide bonds. The topological polar surface area (TPSA) is 29.5 Å². The minimum Gasteiger partial charge on any atom is -0.497 e. The second-order valence-electron chi connectivity index (χ2n) is 5.34. The van der Waals surface area contributed by atoms with Crippen LogP contribution in [-0.2, 0) is 12.8 Å². The highest BCUT2D eigenvalue weighted by Gasteiger charge is 2.10. The van der Waals surface area contributed by atoms with Gasteiger partial charge in [-0.25, -0.2) is 0 Å². The molecule has 0 aliphatic carbocycles. The summed E-state index contributed by atoms with van der Waals surface area (Å²) in [6.45, 7) is 2.09. The monoisotopic (exact) mass is 348 g/mol. The Bertz CT molecular complexity index is 596. The van der Waals surface area contributed by atoms with Crippen molar-refractivity contribution in [3.8, 4) is 5.75 Å². The van der Waals surface area contributed by atoms with Gasteiger partial charge in [0.05, 0.1) is 13.2 Å². The number of benzene rings is 2. The molecule has 21 heavy (non-hydrogen) atoms. The number of hydrogen-bond donors (Lipinski definition) is 1. The Kier molecular flexibility index (Phi) is 5.83. The molecule has 3 heteroatoms. The molecule has 0 aliphatic rings. The molecule has 0 radical (unpaired) electrons. The van der Waals surface area contributed by atoms with Gasteiger partial charge in [0.1, 0.15) is 5.75 Å². The fraction of sp³-hybridized carbons (Fsp3) is 0.333. The Hall–Kier alpha value is -1.32. The van der Waals surface area contributed by atoms with Crippen LogP contribution >= 0.6 is 15.9 Å². The zero-order valence-corrected chi connectivity index (χ0v) is 14.1. The Morgan fingerprint density at radius 3 is 2.71 bits per heavy atom. The van der Waals surface area contributed by atoms with Crippen LogP contribution in [0.15, 0.2) is 46.9 Å². The van der Waals surface area contributed by atoms with Crippen LogP contribution in [0.25, 0.3) is 0 Å². The van der Waals surface area contributed by atoms with Gasteiger partial charge in [0.25, 0.3) is 0 Å². The Morgan fingerprint density at radius 2 is 2.00 bits per heavy atom. The molecule has 2 aromatic rings. The van der Waals surface area contributed by atoms with Gasteiger partial charge in [0, 0.05) is 4.47 Å². The van der Waals surface area contributed by atoms with Crippen molar-refractivity contribution in [1.29, 1.82) is 0 Å². The lowest BCUT2D eigenvalue weighted by atomic mass is 10.0. The van der Waals surface area contributed by atoms with Crippen molar-refractivity contribution in [3.05, 3.63) is 63.6 Å². The van der Waals surface area contributed by atoms with Crippen molar-refractivity contribution in [2.45, 2.75) is 32.3 Å². The van der Waals surface area contributed by atoms with Crippen molar-refractivity contribution in [2.24, 2.45) is 0 Å². The predicted octanol–water partition coefficient (Wildman–Crippen LogP) is 4.30. The predicted molar refractivity (Wildman–Crippen MR) is 89.9 cm³/mol. The molecule has 112 valence electrons. The first-order chi connectivity index (χ1) is 10.1. The Morgan fingerprint density at radius 1 is 1.19 bits per heavy atom. The van der Waals surface area contributed by atoms with E-state index in [1.165, 1.54) is 11.1 Å². The molecule has 2 aromatic carbocycles. The highest BCUT2D eigenvalue weighted by atomic mass is 79.9. The molecule has 0 saturated heterocycles. The summed E-state index contributed by atoms with van der Waals surface area (Å²) >= 11 is 3.53. The number of hydrogen-bond acceptors (Lipinski definition) is 2. The Labute approximate surface area is 134 Å². The average molecular weight is 349 g/mol. The lowest BCUT2D eigenvalue weighted by Gasteiger charge is -2.13. The summed E-state index contributed by atoms with van der Waals surface area (Å²) in [4.78, 5) is 0. The van der Waals surface area contributed by atoms with Gasteiger partial charge < -0.3 is 9.84 Å². The zero-order chi connectivity index (χ0) is 15.2. The number of aryl methyl sites for hydroxylation is 2. The van der Waals surface area contributed by atoms with Crippen molar-refractivity contribution in [1.82, 2.24) is 0 Å². The van der Waals surface area contributed by atoms with E-state index in [0.717, 1.165) is 28.6 Å². The Balaban J connectivity index is 1.94. The first-order valence-corrected chi connectivity index (χ1v) is 7.94. The summed E-state index contributed by atoms with van der Waals surface area (Å²) in [5.74, 6) is 0.819. The van der Waals surface area contributed by atoms with Crippen LogP contribution in [-0.4, -0.2) is 18.3 Å². The van der Waals surface area contributed by atoms with Crippen LogP contribution in [0, 0.1) is 6.92 Å². The van der Waals surface area contributed by atoms with E-state index >= 15 is 0 Å². The van der Waals surface area contributed by atoms with Gasteiger partial charge in [-0.15, -0.1) is 0 Å². The van der Waals surface area contributed by atoms with E-state index in [1.54, 1.807) is 7.11 Å². The van der Waals surface area contributed by atoms with E-state index in [-0.39, 0.29) is 6.10 Å². The van der Waals surface area contributed by atoms with Crippen molar-refractivity contribution in [3.63, 3.8) is 0 Å². The molecule has 0 aromatic heterocycles. The summed E-state index contributed by atoms with van der Waals surface area (Å²) in [5, 5.41) is 10.3. The van der Waals surface area contributed by atoms with E-state index in [2.05, 4.69) is 47.1 Å². The van der Waals surface area contributed by atoms with Gasteiger partial charge in [-0.2, -0.15) is 0 Å². The first kappa shape index (κ1) is 16.1. The third kappa shape index (κ3) is 4.87. The third-order valence-corrected chi connectivity index (χ3v) is 4.33. The molecule has 1 N–H and O–H groups in total. The molecule has 0 bridgehead atoms. The van der Waals surface area contributed by atoms with E-state index in [0.29, 0.717) is 6.42 Å². The number of methoxy groups -OCH3 is 1. The van der Waals surface area contributed by atoms with Crippen molar-refractivity contribution in [2.75, 3.05) is 7.11 Å². The molecule has 1 unspecified atom stereocenters. The quantitative estimate of drug-likeness (QED) is 0.843. The van der Waals surface area contributed by atoms with Crippen molar-refractivity contribution < 1.29 is 9.84 Å². The number of halogens is 1. The fourth-order valence-corrected chi connectivity index (χ4v) is 2.80. The maximum atomic E-state index is 10.3. The third-order valence-electron chi connectivity index (χ3n) is 3.56. The van der Waals surface area contributed by atoms with Gasteiger partial charge in [0.15, 0.2) is 0 Å². The molecule has 0 fully saturated rings. The second kappa shape index (κ2) is 7.62. The number of ether oxygens (including phenoxy) is 1. The van der Waals surface area contributed by atoms with Crippen LogP contribution in [0.4, 0.5) is 0 Å². The average Bonchev–Trinajstić information content (AvgIpc) is 2.47. The van der Waals surface area contributed by atoms with E-state index < -0.39 is 0 Å². The summed E-state index contributed by atoms with van der Waals surface area (Å²) in [7, 11) is 1.65. The summed E-state index contributed by atoms with van der Waals surface area (Å²) in [6.07, 6.45) is 1.93. The summed E-state index contributed by atoms with van der Waals surface area (Å²) < 4.78 is 6.24. The van der Waals surface area contributed by atoms with Crippen LogP contribution in [0.2, 0.25) is 0 Å². The van der Waals surface area contributed by atoms with Crippen LogP contribution in [0.5, 0.6) is 5.75 Å². The summed E-state index contributed by atoms with van der Waals surface area (Å²) in [5.41, 5.74) is 3.61.